The number of hydrogen-bond acceptors (Lipinski definition) is 3. The smallest absolute Gasteiger partial charge is 0.0534 e. The second kappa shape index (κ2) is 5.66. The van der Waals surface area contributed by atoms with Crippen LogP contribution in [0.25, 0.3) is 0 Å². The molecule has 4 nitrogen and oxygen atoms in total. The molecule has 0 saturated carbocycles. The van der Waals surface area contributed by atoms with Crippen LogP contribution < -0.4 is 5.32 Å². The molecule has 0 aromatic carbocycles. The molecule has 0 amide bonds. The van der Waals surface area contributed by atoms with Crippen molar-refractivity contribution in [2.24, 2.45) is 7.05 Å². The molecule has 0 spiro atoms. The topological polar surface area (TPSA) is 33.1 Å². The Morgan fingerprint density at radius 2 is 2.25 bits per heavy atom. The maximum Gasteiger partial charge on any atom is 0.0534 e. The zero-order valence-electron chi connectivity index (χ0n) is 10.2. The Balaban J connectivity index is 0.00000128. The molecule has 0 radical (unpaired) electrons. The standard InChI is InChI=1S/C11H20N4.ClH/c1-9-10(2)15(5-4-12-9)8-11-6-13-14(3)7-11;/h6-7,9-10,12H,4-5,8H2,1-3H3;1H. The third-order valence-electron chi connectivity index (χ3n) is 3.31. The van der Waals surface area contributed by atoms with E-state index in [1.807, 2.05) is 17.9 Å². The van der Waals surface area contributed by atoms with E-state index >= 15 is 0 Å². The van der Waals surface area contributed by atoms with E-state index in [1.54, 1.807) is 0 Å². The molecular formula is C11H21ClN4. The summed E-state index contributed by atoms with van der Waals surface area (Å²) >= 11 is 0. The first-order chi connectivity index (χ1) is 7.16. The minimum Gasteiger partial charge on any atom is -0.311 e. The Kier molecular flexibility index (Phi) is 4.77. The summed E-state index contributed by atoms with van der Waals surface area (Å²) in [6.45, 7) is 7.76. The Morgan fingerprint density at radius 3 is 2.88 bits per heavy atom. The van der Waals surface area contributed by atoms with E-state index < -0.39 is 0 Å². The molecule has 5 heteroatoms. The Labute approximate surface area is 103 Å². The summed E-state index contributed by atoms with van der Waals surface area (Å²) < 4.78 is 1.87. The Bertz CT molecular complexity index is 326. The van der Waals surface area contributed by atoms with Gasteiger partial charge in [0.15, 0.2) is 0 Å². The van der Waals surface area contributed by atoms with Crippen LogP contribution in [0.2, 0.25) is 0 Å². The van der Waals surface area contributed by atoms with E-state index in [2.05, 4.69) is 35.4 Å². The van der Waals surface area contributed by atoms with Gasteiger partial charge < -0.3 is 5.32 Å². The zero-order chi connectivity index (χ0) is 10.8. The van der Waals surface area contributed by atoms with Crippen molar-refractivity contribution in [2.45, 2.75) is 32.5 Å². The number of aryl methyl sites for hydroxylation is 1. The maximum absolute atomic E-state index is 4.20. The van der Waals surface area contributed by atoms with Crippen LogP contribution in [0.15, 0.2) is 12.4 Å². The normalized spacial score (nSPS) is 26.4. The molecule has 1 aromatic rings. The first kappa shape index (κ1) is 13.5. The first-order valence-corrected chi connectivity index (χ1v) is 5.62. The lowest BCUT2D eigenvalue weighted by Crippen LogP contribution is -2.54. The fraction of sp³-hybridized carbons (Fsp3) is 0.727. The summed E-state index contributed by atoms with van der Waals surface area (Å²) in [5, 5.41) is 7.69. The van der Waals surface area contributed by atoms with Crippen LogP contribution in [0, 0.1) is 0 Å². The summed E-state index contributed by atoms with van der Waals surface area (Å²) in [5.74, 6) is 0. The molecule has 1 saturated heterocycles. The average Bonchev–Trinajstić information content (AvgIpc) is 2.59. The van der Waals surface area contributed by atoms with Crippen molar-refractivity contribution in [1.29, 1.82) is 0 Å². The molecule has 0 aliphatic carbocycles. The van der Waals surface area contributed by atoms with Crippen LogP contribution in [-0.4, -0.2) is 39.9 Å². The highest BCUT2D eigenvalue weighted by molar-refractivity contribution is 5.85. The number of piperazine rings is 1. The highest BCUT2D eigenvalue weighted by atomic mass is 35.5. The molecule has 1 N–H and O–H groups in total. The summed E-state index contributed by atoms with van der Waals surface area (Å²) in [7, 11) is 1.97. The summed E-state index contributed by atoms with van der Waals surface area (Å²) in [6, 6.07) is 1.18. The van der Waals surface area contributed by atoms with Gasteiger partial charge in [0.2, 0.25) is 0 Å². The van der Waals surface area contributed by atoms with Gasteiger partial charge in [0, 0.05) is 50.5 Å². The fourth-order valence-corrected chi connectivity index (χ4v) is 2.14. The third kappa shape index (κ3) is 2.97. The second-order valence-electron chi connectivity index (χ2n) is 4.48. The summed E-state index contributed by atoms with van der Waals surface area (Å²) in [4.78, 5) is 2.51. The lowest BCUT2D eigenvalue weighted by molar-refractivity contribution is 0.131. The van der Waals surface area contributed by atoms with Crippen molar-refractivity contribution >= 4 is 12.4 Å². The molecule has 2 rings (SSSR count). The zero-order valence-corrected chi connectivity index (χ0v) is 11.0. The maximum atomic E-state index is 4.20. The van der Waals surface area contributed by atoms with Gasteiger partial charge in [-0.2, -0.15) is 5.10 Å². The van der Waals surface area contributed by atoms with Gasteiger partial charge in [0.25, 0.3) is 0 Å². The van der Waals surface area contributed by atoms with E-state index in [-0.39, 0.29) is 12.4 Å². The molecule has 2 atom stereocenters. The number of nitrogens with zero attached hydrogens (tertiary/aromatic N) is 3. The van der Waals surface area contributed by atoms with Crippen molar-refractivity contribution in [2.75, 3.05) is 13.1 Å². The molecular weight excluding hydrogens is 224 g/mol. The molecule has 2 unspecified atom stereocenters. The van der Waals surface area contributed by atoms with Gasteiger partial charge in [-0.3, -0.25) is 9.58 Å². The molecule has 1 aromatic heterocycles. The van der Waals surface area contributed by atoms with E-state index in [1.165, 1.54) is 5.56 Å². The van der Waals surface area contributed by atoms with E-state index in [0.29, 0.717) is 12.1 Å². The van der Waals surface area contributed by atoms with Crippen molar-refractivity contribution in [3.63, 3.8) is 0 Å². The number of aromatic nitrogens is 2. The second-order valence-corrected chi connectivity index (χ2v) is 4.48. The lowest BCUT2D eigenvalue weighted by atomic mass is 10.1. The SMILES string of the molecule is CC1NCCN(Cc2cnn(C)c2)C1C.Cl. The Morgan fingerprint density at radius 1 is 1.50 bits per heavy atom. The van der Waals surface area contributed by atoms with Crippen LogP contribution in [0.3, 0.4) is 0 Å². The van der Waals surface area contributed by atoms with Crippen molar-refractivity contribution in [1.82, 2.24) is 20.0 Å². The lowest BCUT2D eigenvalue weighted by Gasteiger charge is -2.38. The average molecular weight is 245 g/mol. The minimum atomic E-state index is 0. The number of halogens is 1. The van der Waals surface area contributed by atoms with E-state index in [9.17, 15) is 0 Å². The minimum absolute atomic E-state index is 0. The Hall–Kier alpha value is -0.580. The van der Waals surface area contributed by atoms with Crippen LogP contribution in [-0.2, 0) is 13.6 Å². The quantitative estimate of drug-likeness (QED) is 0.844. The predicted octanol–water partition coefficient (Wildman–Crippen LogP) is 1.02. The fourth-order valence-electron chi connectivity index (χ4n) is 2.14. The molecule has 1 aliphatic heterocycles. The number of hydrogen-bond donors (Lipinski definition) is 1. The third-order valence-corrected chi connectivity index (χ3v) is 3.31. The highest BCUT2D eigenvalue weighted by Crippen LogP contribution is 2.12. The van der Waals surface area contributed by atoms with Gasteiger partial charge in [0.05, 0.1) is 6.20 Å². The van der Waals surface area contributed by atoms with Crippen LogP contribution >= 0.6 is 12.4 Å². The van der Waals surface area contributed by atoms with Crippen molar-refractivity contribution in [3.8, 4) is 0 Å². The van der Waals surface area contributed by atoms with E-state index in [0.717, 1.165) is 19.6 Å². The molecule has 0 bridgehead atoms. The molecule has 16 heavy (non-hydrogen) atoms. The number of rotatable bonds is 2. The van der Waals surface area contributed by atoms with Gasteiger partial charge in [-0.15, -0.1) is 12.4 Å². The van der Waals surface area contributed by atoms with E-state index in [4.69, 9.17) is 0 Å². The molecule has 1 fully saturated rings. The largest absolute Gasteiger partial charge is 0.311 e. The molecule has 92 valence electrons. The van der Waals surface area contributed by atoms with Gasteiger partial charge >= 0.3 is 0 Å². The number of nitrogens with one attached hydrogen (secondary N) is 1. The first-order valence-electron chi connectivity index (χ1n) is 5.62. The van der Waals surface area contributed by atoms with Gasteiger partial charge in [-0.1, -0.05) is 0 Å². The summed E-state index contributed by atoms with van der Waals surface area (Å²) in [6.07, 6.45) is 4.05. The molecule has 1 aliphatic rings. The predicted molar refractivity (Wildman–Crippen MR) is 67.8 cm³/mol. The van der Waals surface area contributed by atoms with Crippen LogP contribution in [0.4, 0.5) is 0 Å². The summed E-state index contributed by atoms with van der Waals surface area (Å²) in [5.41, 5.74) is 1.30. The highest BCUT2D eigenvalue weighted by Gasteiger charge is 2.24. The van der Waals surface area contributed by atoms with Crippen LogP contribution in [0.1, 0.15) is 19.4 Å². The van der Waals surface area contributed by atoms with Gasteiger partial charge in [0.1, 0.15) is 0 Å². The van der Waals surface area contributed by atoms with Crippen molar-refractivity contribution < 1.29 is 0 Å². The molecule has 2 heterocycles. The van der Waals surface area contributed by atoms with Gasteiger partial charge in [-0.05, 0) is 13.8 Å². The monoisotopic (exact) mass is 244 g/mol. The van der Waals surface area contributed by atoms with Crippen LogP contribution in [0.5, 0.6) is 0 Å². The van der Waals surface area contributed by atoms with Crippen molar-refractivity contribution in [3.05, 3.63) is 18.0 Å². The van der Waals surface area contributed by atoms with Gasteiger partial charge in [-0.25, -0.2) is 0 Å².